The lowest BCUT2D eigenvalue weighted by molar-refractivity contribution is 0.102. The van der Waals surface area contributed by atoms with Gasteiger partial charge in [-0.25, -0.2) is 27.4 Å². The van der Waals surface area contributed by atoms with Crippen LogP contribution < -0.4 is 10.1 Å². The zero-order valence-electron chi connectivity index (χ0n) is 18.2. The van der Waals surface area contributed by atoms with Crippen molar-refractivity contribution >= 4 is 28.3 Å². The summed E-state index contributed by atoms with van der Waals surface area (Å²) >= 11 is 0. The number of anilines is 1. The number of ether oxygens (including phenoxy) is 1. The van der Waals surface area contributed by atoms with Gasteiger partial charge in [0.25, 0.3) is 5.91 Å². The second-order valence-electron chi connectivity index (χ2n) is 7.52. The third kappa shape index (κ3) is 3.93. The molecule has 12 heteroatoms. The highest BCUT2D eigenvalue weighted by atomic mass is 19.1. The van der Waals surface area contributed by atoms with E-state index in [2.05, 4.69) is 20.5 Å². The zero-order valence-corrected chi connectivity index (χ0v) is 18.2. The van der Waals surface area contributed by atoms with Gasteiger partial charge in [-0.15, -0.1) is 0 Å². The average molecular weight is 482 g/mol. The van der Waals surface area contributed by atoms with Crippen LogP contribution in [0, 0.1) is 17.5 Å². The Morgan fingerprint density at radius 3 is 2.74 bits per heavy atom. The predicted octanol–water partition coefficient (Wildman–Crippen LogP) is 3.42. The van der Waals surface area contributed by atoms with Gasteiger partial charge in [0.15, 0.2) is 17.3 Å². The summed E-state index contributed by atoms with van der Waals surface area (Å²) in [5.41, 5.74) is 0.507. The van der Waals surface area contributed by atoms with E-state index >= 15 is 4.39 Å². The fraction of sp³-hybridized carbons (Fsp3) is 0.130. The molecule has 0 saturated heterocycles. The summed E-state index contributed by atoms with van der Waals surface area (Å²) in [5.74, 6) is -3.02. The average Bonchev–Trinajstić information content (AvgIpc) is 3.41. The van der Waals surface area contributed by atoms with E-state index in [1.54, 1.807) is 18.3 Å². The van der Waals surface area contributed by atoms with Crippen LogP contribution in [0.15, 0.2) is 48.8 Å². The highest BCUT2D eigenvalue weighted by Crippen LogP contribution is 2.32. The fourth-order valence-electron chi connectivity index (χ4n) is 3.72. The lowest BCUT2D eigenvalue weighted by Crippen LogP contribution is -2.15. The van der Waals surface area contributed by atoms with Gasteiger partial charge < -0.3 is 15.2 Å². The molecule has 1 amide bonds. The monoisotopic (exact) mass is 482 g/mol. The Labute approximate surface area is 195 Å². The number of nitrogens with one attached hydrogen (secondary N) is 1. The van der Waals surface area contributed by atoms with E-state index in [1.165, 1.54) is 22.5 Å². The normalized spacial score (nSPS) is 11.3. The van der Waals surface area contributed by atoms with Crippen molar-refractivity contribution in [2.75, 3.05) is 19.0 Å². The number of carbonyl (C=O) groups is 1. The number of carbonyl (C=O) groups excluding carboxylic acids is 1. The smallest absolute Gasteiger partial charge is 0.259 e. The second kappa shape index (κ2) is 8.72. The van der Waals surface area contributed by atoms with Gasteiger partial charge in [-0.2, -0.15) is 10.2 Å². The first kappa shape index (κ1) is 22.3. The molecule has 0 saturated carbocycles. The number of nitrogens with zero attached hydrogens (tertiary/aromatic N) is 5. The van der Waals surface area contributed by atoms with E-state index in [1.807, 2.05) is 0 Å². The maximum absolute atomic E-state index is 15.3. The molecular formula is C23H17F3N6O3. The lowest BCUT2D eigenvalue weighted by atomic mass is 10.1. The summed E-state index contributed by atoms with van der Waals surface area (Å²) in [6.45, 7) is -0.327. The minimum Gasteiger partial charge on any atom is -0.497 e. The number of fused-ring (bicyclic) bond motifs is 2. The van der Waals surface area contributed by atoms with Crippen molar-refractivity contribution in [2.24, 2.45) is 0 Å². The van der Waals surface area contributed by atoms with E-state index in [0.717, 1.165) is 24.3 Å². The number of methoxy groups -OCH3 is 1. The van der Waals surface area contributed by atoms with Crippen molar-refractivity contribution in [3.05, 3.63) is 71.8 Å². The van der Waals surface area contributed by atoms with Gasteiger partial charge in [0.2, 0.25) is 0 Å². The number of aliphatic hydroxyl groups is 1. The highest BCUT2D eigenvalue weighted by Gasteiger charge is 2.22. The number of amides is 1. The number of pyridine rings is 2. The van der Waals surface area contributed by atoms with Crippen molar-refractivity contribution in [3.8, 4) is 17.0 Å². The van der Waals surface area contributed by atoms with Gasteiger partial charge in [0, 0.05) is 17.8 Å². The van der Waals surface area contributed by atoms with Gasteiger partial charge in [-0.1, -0.05) is 0 Å². The molecule has 0 atom stereocenters. The maximum atomic E-state index is 15.3. The molecule has 0 fully saturated rings. The molecule has 178 valence electrons. The van der Waals surface area contributed by atoms with E-state index < -0.39 is 28.9 Å². The Morgan fingerprint density at radius 1 is 1.14 bits per heavy atom. The van der Waals surface area contributed by atoms with E-state index in [9.17, 15) is 18.7 Å². The zero-order chi connectivity index (χ0) is 24.7. The molecule has 0 unspecified atom stereocenters. The Kier molecular flexibility index (Phi) is 5.57. The molecule has 2 N–H and O–H groups in total. The topological polar surface area (TPSA) is 107 Å². The van der Waals surface area contributed by atoms with Gasteiger partial charge in [0.1, 0.15) is 23.1 Å². The van der Waals surface area contributed by atoms with Crippen LogP contribution in [-0.4, -0.2) is 49.1 Å². The standard InChI is InChI=1S/C23H17F3N6O3/c1-35-13-4-5-31-19(9-13)16(11-27-31)20-18(26)10-15-21(30-32(6-7-33)22(15)28-20)29-23(34)14-8-12(24)2-3-17(14)25/h2-5,8-11,33H,6-7H2,1H3,(H,29,30,34). The molecule has 0 spiro atoms. The van der Waals surface area contributed by atoms with Crippen LogP contribution >= 0.6 is 0 Å². The van der Waals surface area contributed by atoms with Gasteiger partial charge in [0.05, 0.1) is 42.9 Å². The molecule has 4 aromatic heterocycles. The maximum Gasteiger partial charge on any atom is 0.259 e. The largest absolute Gasteiger partial charge is 0.497 e. The van der Waals surface area contributed by atoms with Crippen molar-refractivity contribution in [3.63, 3.8) is 0 Å². The van der Waals surface area contributed by atoms with Crippen molar-refractivity contribution in [2.45, 2.75) is 6.54 Å². The Bertz CT molecular complexity index is 1600. The Balaban J connectivity index is 1.62. The lowest BCUT2D eigenvalue weighted by Gasteiger charge is -2.06. The number of hydrogen-bond acceptors (Lipinski definition) is 6. The summed E-state index contributed by atoms with van der Waals surface area (Å²) in [7, 11) is 1.51. The SMILES string of the molecule is COc1ccn2ncc(-c3nc4c(cc3F)c(NC(=O)c3cc(F)ccc3F)nn4CCO)c2c1. The van der Waals surface area contributed by atoms with Crippen LogP contribution in [0.3, 0.4) is 0 Å². The van der Waals surface area contributed by atoms with Gasteiger partial charge >= 0.3 is 0 Å². The molecule has 4 heterocycles. The van der Waals surface area contributed by atoms with Crippen LogP contribution in [0.1, 0.15) is 10.4 Å². The first-order valence-corrected chi connectivity index (χ1v) is 10.4. The number of rotatable bonds is 6. The third-order valence-corrected chi connectivity index (χ3v) is 5.38. The molecule has 1 aromatic carbocycles. The van der Waals surface area contributed by atoms with Crippen LogP contribution in [-0.2, 0) is 6.54 Å². The number of aromatic nitrogens is 5. The Morgan fingerprint density at radius 2 is 1.97 bits per heavy atom. The van der Waals surface area contributed by atoms with E-state index in [4.69, 9.17) is 4.74 Å². The van der Waals surface area contributed by atoms with Crippen LogP contribution in [0.2, 0.25) is 0 Å². The molecule has 0 aliphatic carbocycles. The highest BCUT2D eigenvalue weighted by molar-refractivity contribution is 6.08. The summed E-state index contributed by atoms with van der Waals surface area (Å²) in [6.07, 6.45) is 3.11. The van der Waals surface area contributed by atoms with Crippen LogP contribution in [0.5, 0.6) is 5.75 Å². The molecule has 9 nitrogen and oxygen atoms in total. The summed E-state index contributed by atoms with van der Waals surface area (Å²) in [5, 5.41) is 20.3. The molecule has 5 rings (SSSR count). The van der Waals surface area contributed by atoms with Crippen molar-refractivity contribution < 1.29 is 27.8 Å². The van der Waals surface area contributed by atoms with Crippen molar-refractivity contribution in [1.29, 1.82) is 0 Å². The van der Waals surface area contributed by atoms with Gasteiger partial charge in [-0.3, -0.25) is 4.79 Å². The quantitative estimate of drug-likeness (QED) is 0.384. The molecule has 0 aliphatic heterocycles. The minimum atomic E-state index is -0.975. The first-order chi connectivity index (χ1) is 16.9. The van der Waals surface area contributed by atoms with Crippen LogP contribution in [0.25, 0.3) is 27.8 Å². The van der Waals surface area contributed by atoms with Crippen molar-refractivity contribution in [1.82, 2.24) is 24.4 Å². The summed E-state index contributed by atoms with van der Waals surface area (Å²) in [4.78, 5) is 17.0. The van der Waals surface area contributed by atoms with Gasteiger partial charge in [-0.05, 0) is 30.3 Å². The summed E-state index contributed by atoms with van der Waals surface area (Å²) < 4.78 is 50.9. The number of aliphatic hydroxyl groups excluding tert-OH is 1. The molecule has 35 heavy (non-hydrogen) atoms. The van der Waals surface area contributed by atoms with Crippen LogP contribution in [0.4, 0.5) is 19.0 Å². The number of benzene rings is 1. The molecular weight excluding hydrogens is 465 g/mol. The fourth-order valence-corrected chi connectivity index (χ4v) is 3.72. The second-order valence-corrected chi connectivity index (χ2v) is 7.52. The number of halogens is 3. The molecule has 0 radical (unpaired) electrons. The Hall–Kier alpha value is -4.45. The molecule has 5 aromatic rings. The molecule has 0 aliphatic rings. The third-order valence-electron chi connectivity index (χ3n) is 5.38. The number of hydrogen-bond donors (Lipinski definition) is 2. The minimum absolute atomic E-state index is 0.0125. The first-order valence-electron chi connectivity index (χ1n) is 10.4. The molecule has 0 bridgehead atoms. The van der Waals surface area contributed by atoms with E-state index in [0.29, 0.717) is 16.8 Å². The summed E-state index contributed by atoms with van der Waals surface area (Å²) in [6, 6.07) is 6.95. The predicted molar refractivity (Wildman–Crippen MR) is 120 cm³/mol. The van der Waals surface area contributed by atoms with E-state index in [-0.39, 0.29) is 35.7 Å².